The molecule has 0 fully saturated rings. The summed E-state index contributed by atoms with van der Waals surface area (Å²) in [5.41, 5.74) is 7.95. The number of rotatable bonds is 5. The summed E-state index contributed by atoms with van der Waals surface area (Å²) in [5.74, 6) is -0.0665. The molecule has 1 amide bonds. The molecule has 0 bridgehead atoms. The molecule has 19 heavy (non-hydrogen) atoms. The van der Waals surface area contributed by atoms with Crippen molar-refractivity contribution >= 4 is 17.3 Å². The van der Waals surface area contributed by atoms with Crippen LogP contribution in [0.5, 0.6) is 0 Å². The van der Waals surface area contributed by atoms with E-state index in [9.17, 15) is 4.79 Å². The van der Waals surface area contributed by atoms with E-state index in [-0.39, 0.29) is 11.4 Å². The minimum atomic E-state index is -0.161. The number of anilines is 2. The molecule has 0 aliphatic rings. The molecule has 106 valence electrons. The third-order valence-corrected chi connectivity index (χ3v) is 3.75. The van der Waals surface area contributed by atoms with Crippen molar-refractivity contribution in [2.24, 2.45) is 0 Å². The molecule has 0 aliphatic heterocycles. The number of hydrogen-bond acceptors (Lipinski definition) is 3. The molecule has 0 saturated heterocycles. The Bertz CT molecular complexity index is 451. The molecule has 4 heteroatoms. The predicted octanol–water partition coefficient (Wildman–Crippen LogP) is 2.64. The van der Waals surface area contributed by atoms with Crippen LogP contribution in [0.1, 0.15) is 44.0 Å². The van der Waals surface area contributed by atoms with E-state index in [1.54, 1.807) is 6.07 Å². The Morgan fingerprint density at radius 3 is 2.32 bits per heavy atom. The van der Waals surface area contributed by atoms with Crippen LogP contribution in [0.2, 0.25) is 0 Å². The largest absolute Gasteiger partial charge is 0.397 e. The highest BCUT2D eigenvalue weighted by atomic mass is 16.1. The molecule has 0 spiro atoms. The third-order valence-electron chi connectivity index (χ3n) is 3.75. The summed E-state index contributed by atoms with van der Waals surface area (Å²) >= 11 is 0. The number of amides is 1. The van der Waals surface area contributed by atoms with Gasteiger partial charge < -0.3 is 16.0 Å². The lowest BCUT2D eigenvalue weighted by atomic mass is 9.95. The van der Waals surface area contributed by atoms with Crippen molar-refractivity contribution in [2.45, 2.75) is 39.2 Å². The van der Waals surface area contributed by atoms with Gasteiger partial charge in [0.2, 0.25) is 0 Å². The average molecular weight is 263 g/mol. The summed E-state index contributed by atoms with van der Waals surface area (Å²) in [7, 11) is 3.85. The number of nitrogens with one attached hydrogen (secondary N) is 1. The van der Waals surface area contributed by atoms with E-state index < -0.39 is 0 Å². The standard InChI is InChI=1S/C15H25N3O/c1-6-15(3,7-2)17-14(19)11-8-9-13(18(4)5)12(16)10-11/h8-10H,6-7,16H2,1-5H3,(H,17,19). The van der Waals surface area contributed by atoms with Crippen molar-refractivity contribution < 1.29 is 4.79 Å². The van der Waals surface area contributed by atoms with Crippen LogP contribution in [0.15, 0.2) is 18.2 Å². The minimum Gasteiger partial charge on any atom is -0.397 e. The zero-order chi connectivity index (χ0) is 14.6. The van der Waals surface area contributed by atoms with Crippen molar-refractivity contribution in [3.05, 3.63) is 23.8 Å². The van der Waals surface area contributed by atoms with Gasteiger partial charge in [0.25, 0.3) is 5.91 Å². The Kier molecular flexibility index (Phi) is 4.81. The van der Waals surface area contributed by atoms with E-state index in [0.29, 0.717) is 11.3 Å². The van der Waals surface area contributed by atoms with Gasteiger partial charge in [-0.05, 0) is 38.0 Å². The highest BCUT2D eigenvalue weighted by Crippen LogP contribution is 2.23. The number of nitrogens with two attached hydrogens (primary N) is 1. The van der Waals surface area contributed by atoms with Gasteiger partial charge in [0.15, 0.2) is 0 Å². The number of carbonyl (C=O) groups excluding carboxylic acids is 1. The number of carbonyl (C=O) groups is 1. The summed E-state index contributed by atoms with van der Waals surface area (Å²) in [6.45, 7) is 6.21. The van der Waals surface area contributed by atoms with Crippen molar-refractivity contribution in [3.63, 3.8) is 0 Å². The first-order chi connectivity index (χ1) is 8.83. The molecule has 1 rings (SSSR count). The average Bonchev–Trinajstić information content (AvgIpc) is 2.37. The fraction of sp³-hybridized carbons (Fsp3) is 0.533. The second-order valence-corrected chi connectivity index (χ2v) is 5.39. The number of benzene rings is 1. The van der Waals surface area contributed by atoms with E-state index in [1.807, 2.05) is 31.1 Å². The Morgan fingerprint density at radius 2 is 1.89 bits per heavy atom. The maximum Gasteiger partial charge on any atom is 0.251 e. The van der Waals surface area contributed by atoms with Crippen LogP contribution in [-0.2, 0) is 0 Å². The van der Waals surface area contributed by atoms with Gasteiger partial charge in [-0.2, -0.15) is 0 Å². The van der Waals surface area contributed by atoms with Crippen molar-refractivity contribution in [2.75, 3.05) is 24.7 Å². The first kappa shape index (κ1) is 15.3. The number of nitrogens with zero attached hydrogens (tertiary/aromatic N) is 1. The van der Waals surface area contributed by atoms with Crippen LogP contribution in [0, 0.1) is 0 Å². The van der Waals surface area contributed by atoms with Gasteiger partial charge >= 0.3 is 0 Å². The Labute approximate surface area is 116 Å². The van der Waals surface area contributed by atoms with E-state index in [2.05, 4.69) is 26.1 Å². The van der Waals surface area contributed by atoms with Gasteiger partial charge in [0, 0.05) is 25.2 Å². The summed E-state index contributed by atoms with van der Waals surface area (Å²) < 4.78 is 0. The van der Waals surface area contributed by atoms with Crippen molar-refractivity contribution in [1.29, 1.82) is 0 Å². The smallest absolute Gasteiger partial charge is 0.251 e. The van der Waals surface area contributed by atoms with Gasteiger partial charge in [-0.3, -0.25) is 4.79 Å². The van der Waals surface area contributed by atoms with Crippen LogP contribution in [-0.4, -0.2) is 25.5 Å². The lowest BCUT2D eigenvalue weighted by Crippen LogP contribution is -2.44. The molecular weight excluding hydrogens is 238 g/mol. The lowest BCUT2D eigenvalue weighted by molar-refractivity contribution is 0.0901. The number of nitrogen functional groups attached to an aromatic ring is 1. The molecule has 0 heterocycles. The molecule has 0 aromatic heterocycles. The van der Waals surface area contributed by atoms with Gasteiger partial charge in [-0.15, -0.1) is 0 Å². The quantitative estimate of drug-likeness (QED) is 0.803. The fourth-order valence-electron chi connectivity index (χ4n) is 1.88. The van der Waals surface area contributed by atoms with E-state index in [1.165, 1.54) is 0 Å². The lowest BCUT2D eigenvalue weighted by Gasteiger charge is -2.28. The predicted molar refractivity (Wildman–Crippen MR) is 81.6 cm³/mol. The van der Waals surface area contributed by atoms with Crippen molar-refractivity contribution in [3.8, 4) is 0 Å². The van der Waals surface area contributed by atoms with Gasteiger partial charge in [-0.1, -0.05) is 13.8 Å². The molecule has 0 saturated carbocycles. The zero-order valence-corrected chi connectivity index (χ0v) is 12.6. The zero-order valence-electron chi connectivity index (χ0n) is 12.6. The second-order valence-electron chi connectivity index (χ2n) is 5.39. The Balaban J connectivity index is 2.93. The SMILES string of the molecule is CCC(C)(CC)NC(=O)c1ccc(N(C)C)c(N)c1. The third kappa shape index (κ3) is 3.63. The van der Waals surface area contributed by atoms with E-state index in [4.69, 9.17) is 5.73 Å². The molecule has 0 atom stereocenters. The molecule has 1 aromatic carbocycles. The first-order valence-corrected chi connectivity index (χ1v) is 6.72. The Morgan fingerprint density at radius 1 is 1.32 bits per heavy atom. The van der Waals surface area contributed by atoms with Crippen LogP contribution in [0.4, 0.5) is 11.4 Å². The normalized spacial score (nSPS) is 11.2. The summed E-state index contributed by atoms with van der Waals surface area (Å²) in [6, 6.07) is 5.42. The van der Waals surface area contributed by atoms with E-state index in [0.717, 1.165) is 18.5 Å². The van der Waals surface area contributed by atoms with Crippen molar-refractivity contribution in [1.82, 2.24) is 5.32 Å². The highest BCUT2D eigenvalue weighted by molar-refractivity contribution is 5.96. The maximum atomic E-state index is 12.2. The molecule has 0 aliphatic carbocycles. The summed E-state index contributed by atoms with van der Waals surface area (Å²) in [4.78, 5) is 14.2. The van der Waals surface area contributed by atoms with Gasteiger partial charge in [0.1, 0.15) is 0 Å². The van der Waals surface area contributed by atoms with E-state index >= 15 is 0 Å². The second kappa shape index (κ2) is 5.95. The van der Waals surface area contributed by atoms with Gasteiger partial charge in [-0.25, -0.2) is 0 Å². The van der Waals surface area contributed by atoms with Crippen LogP contribution >= 0.6 is 0 Å². The van der Waals surface area contributed by atoms with Crippen LogP contribution < -0.4 is 16.0 Å². The molecule has 4 nitrogen and oxygen atoms in total. The fourth-order valence-corrected chi connectivity index (χ4v) is 1.88. The maximum absolute atomic E-state index is 12.2. The summed E-state index contributed by atoms with van der Waals surface area (Å²) in [6.07, 6.45) is 1.81. The molecule has 3 N–H and O–H groups in total. The van der Waals surface area contributed by atoms with Crippen LogP contribution in [0.3, 0.4) is 0 Å². The number of hydrogen-bond donors (Lipinski definition) is 2. The summed E-state index contributed by atoms with van der Waals surface area (Å²) in [5, 5.41) is 3.08. The monoisotopic (exact) mass is 263 g/mol. The molecule has 0 unspecified atom stereocenters. The minimum absolute atomic E-state index is 0.0665. The highest BCUT2D eigenvalue weighted by Gasteiger charge is 2.22. The Hall–Kier alpha value is -1.71. The topological polar surface area (TPSA) is 58.4 Å². The van der Waals surface area contributed by atoms with Crippen LogP contribution in [0.25, 0.3) is 0 Å². The van der Waals surface area contributed by atoms with Gasteiger partial charge in [0.05, 0.1) is 11.4 Å². The first-order valence-electron chi connectivity index (χ1n) is 6.72. The molecule has 0 radical (unpaired) electrons. The molecular formula is C15H25N3O. The molecule has 1 aromatic rings.